The molecule has 140 valence electrons. The van der Waals surface area contributed by atoms with Crippen molar-refractivity contribution in [3.8, 4) is 5.69 Å². The van der Waals surface area contributed by atoms with Gasteiger partial charge in [0.1, 0.15) is 0 Å². The predicted octanol–water partition coefficient (Wildman–Crippen LogP) is 2.89. The first kappa shape index (κ1) is 19.6. The second-order valence-corrected chi connectivity index (χ2v) is 6.67. The molecular formula is C19H26N4O3. The molecule has 0 bridgehead atoms. The van der Waals surface area contributed by atoms with E-state index < -0.39 is 5.97 Å². The summed E-state index contributed by atoms with van der Waals surface area (Å²) in [6.07, 6.45) is 1.40. The van der Waals surface area contributed by atoms with E-state index in [1.807, 2.05) is 19.1 Å². The molecule has 2 aromatic rings. The molecule has 0 saturated carbocycles. The molecule has 1 N–H and O–H groups in total. The number of aliphatic carboxylic acids is 1. The first-order chi connectivity index (χ1) is 12.3. The molecular weight excluding hydrogens is 332 g/mol. The van der Waals surface area contributed by atoms with E-state index in [1.54, 1.807) is 11.7 Å². The van der Waals surface area contributed by atoms with Crippen molar-refractivity contribution in [1.29, 1.82) is 0 Å². The first-order valence-electron chi connectivity index (χ1n) is 8.87. The average molecular weight is 358 g/mol. The highest BCUT2D eigenvalue weighted by atomic mass is 16.4. The summed E-state index contributed by atoms with van der Waals surface area (Å²) in [5, 5.41) is 17.1. The number of aromatic nitrogens is 3. The lowest BCUT2D eigenvalue weighted by atomic mass is 10.0. The van der Waals surface area contributed by atoms with Crippen molar-refractivity contribution >= 4 is 11.9 Å². The highest BCUT2D eigenvalue weighted by molar-refractivity contribution is 5.93. The Kier molecular flexibility index (Phi) is 6.49. The minimum atomic E-state index is -0.937. The molecule has 0 aliphatic rings. The Bertz CT molecular complexity index is 783. The molecule has 0 aliphatic heterocycles. The molecule has 0 atom stereocenters. The third-order valence-corrected chi connectivity index (χ3v) is 4.24. The summed E-state index contributed by atoms with van der Waals surface area (Å²) < 4.78 is 1.72. The van der Waals surface area contributed by atoms with Crippen molar-refractivity contribution in [3.63, 3.8) is 0 Å². The van der Waals surface area contributed by atoms with Crippen LogP contribution in [0.5, 0.6) is 0 Å². The third-order valence-electron chi connectivity index (χ3n) is 4.24. The van der Waals surface area contributed by atoms with Crippen LogP contribution in [0, 0.1) is 0 Å². The molecule has 0 saturated heterocycles. The summed E-state index contributed by atoms with van der Waals surface area (Å²) in [7, 11) is 1.58. The van der Waals surface area contributed by atoms with E-state index in [0.29, 0.717) is 12.3 Å². The maximum Gasteiger partial charge on any atom is 0.305 e. The second-order valence-electron chi connectivity index (χ2n) is 6.67. The fourth-order valence-electron chi connectivity index (χ4n) is 2.70. The Morgan fingerprint density at radius 3 is 2.65 bits per heavy atom. The van der Waals surface area contributed by atoms with Crippen molar-refractivity contribution < 1.29 is 14.7 Å². The standard InChI is InChI=1S/C19H26N4O3/c1-5-7-16-18(19(26)22(4)11-10-17(24)25)20-21-23(16)15-9-6-8-14(12-15)13(2)3/h6,8-9,12-13H,5,7,10-11H2,1-4H3,(H,24,25). The van der Waals surface area contributed by atoms with Gasteiger partial charge in [-0.1, -0.05) is 44.5 Å². The third kappa shape index (κ3) is 4.47. The SMILES string of the molecule is CCCc1c(C(=O)N(C)CCC(=O)O)nnn1-c1cccc(C(C)C)c1. The van der Waals surface area contributed by atoms with Gasteiger partial charge < -0.3 is 10.0 Å². The minimum Gasteiger partial charge on any atom is -0.481 e. The average Bonchev–Trinajstić information content (AvgIpc) is 3.03. The Balaban J connectivity index is 2.37. The van der Waals surface area contributed by atoms with Gasteiger partial charge in [0.2, 0.25) is 0 Å². The van der Waals surface area contributed by atoms with Crippen molar-refractivity contribution in [3.05, 3.63) is 41.2 Å². The van der Waals surface area contributed by atoms with E-state index in [9.17, 15) is 9.59 Å². The lowest BCUT2D eigenvalue weighted by Crippen LogP contribution is -2.30. The number of rotatable bonds is 8. The van der Waals surface area contributed by atoms with Crippen LogP contribution in [0.2, 0.25) is 0 Å². The van der Waals surface area contributed by atoms with Crippen molar-refractivity contribution in [2.24, 2.45) is 0 Å². The predicted molar refractivity (Wildman–Crippen MR) is 98.7 cm³/mol. The number of nitrogens with zero attached hydrogens (tertiary/aromatic N) is 4. The van der Waals surface area contributed by atoms with Gasteiger partial charge >= 0.3 is 5.97 Å². The highest BCUT2D eigenvalue weighted by Gasteiger charge is 2.23. The smallest absolute Gasteiger partial charge is 0.305 e. The molecule has 0 aliphatic carbocycles. The summed E-state index contributed by atoms with van der Waals surface area (Å²) in [6, 6.07) is 8.04. The van der Waals surface area contributed by atoms with Gasteiger partial charge in [-0.25, -0.2) is 4.68 Å². The van der Waals surface area contributed by atoms with Crippen LogP contribution >= 0.6 is 0 Å². The van der Waals surface area contributed by atoms with E-state index in [4.69, 9.17) is 5.11 Å². The van der Waals surface area contributed by atoms with E-state index in [-0.39, 0.29) is 24.6 Å². The number of hydrogen-bond donors (Lipinski definition) is 1. The fourth-order valence-corrected chi connectivity index (χ4v) is 2.70. The topological polar surface area (TPSA) is 88.3 Å². The van der Waals surface area contributed by atoms with E-state index in [2.05, 4.69) is 36.3 Å². The largest absolute Gasteiger partial charge is 0.481 e. The van der Waals surface area contributed by atoms with Crippen molar-refractivity contribution in [1.82, 2.24) is 19.9 Å². The Morgan fingerprint density at radius 1 is 1.31 bits per heavy atom. The molecule has 0 unspecified atom stereocenters. The van der Waals surface area contributed by atoms with Crippen molar-refractivity contribution in [2.45, 2.75) is 46.0 Å². The minimum absolute atomic E-state index is 0.101. The maximum absolute atomic E-state index is 12.7. The van der Waals surface area contributed by atoms with Crippen LogP contribution < -0.4 is 0 Å². The molecule has 0 fully saturated rings. The van der Waals surface area contributed by atoms with Gasteiger partial charge in [0, 0.05) is 13.6 Å². The van der Waals surface area contributed by atoms with Gasteiger partial charge in [-0.3, -0.25) is 9.59 Å². The van der Waals surface area contributed by atoms with Gasteiger partial charge in [0.25, 0.3) is 5.91 Å². The zero-order valence-corrected chi connectivity index (χ0v) is 15.8. The quantitative estimate of drug-likeness (QED) is 0.784. The van der Waals surface area contributed by atoms with Gasteiger partial charge in [-0.15, -0.1) is 5.10 Å². The summed E-state index contributed by atoms with van der Waals surface area (Å²) in [5.74, 6) is -0.857. The Labute approximate surface area is 153 Å². The molecule has 7 nitrogen and oxygen atoms in total. The van der Waals surface area contributed by atoms with Crippen LogP contribution in [0.15, 0.2) is 24.3 Å². The highest BCUT2D eigenvalue weighted by Crippen LogP contribution is 2.21. The van der Waals surface area contributed by atoms with Crippen LogP contribution in [-0.4, -0.2) is 50.5 Å². The molecule has 1 aromatic carbocycles. The normalized spacial score (nSPS) is 11.0. The number of carboxylic acid groups (broad SMARTS) is 1. The van der Waals surface area contributed by atoms with E-state index >= 15 is 0 Å². The van der Waals surface area contributed by atoms with Gasteiger partial charge in [-0.05, 0) is 30.0 Å². The molecule has 1 amide bonds. The molecule has 2 rings (SSSR count). The van der Waals surface area contributed by atoms with Gasteiger partial charge in [-0.2, -0.15) is 0 Å². The first-order valence-corrected chi connectivity index (χ1v) is 8.87. The van der Waals surface area contributed by atoms with Crippen LogP contribution in [0.4, 0.5) is 0 Å². The molecule has 0 radical (unpaired) electrons. The summed E-state index contributed by atoms with van der Waals surface area (Å²) >= 11 is 0. The number of carboxylic acids is 1. The number of amides is 1. The number of benzene rings is 1. The number of carbonyl (C=O) groups is 2. The lowest BCUT2D eigenvalue weighted by Gasteiger charge is -2.15. The summed E-state index contributed by atoms with van der Waals surface area (Å²) in [5.41, 5.74) is 3.10. The van der Waals surface area contributed by atoms with Gasteiger partial charge in [0.15, 0.2) is 5.69 Å². The molecule has 0 spiro atoms. The van der Waals surface area contributed by atoms with Crippen LogP contribution in [0.1, 0.15) is 61.3 Å². The maximum atomic E-state index is 12.7. The number of carbonyl (C=O) groups excluding carboxylic acids is 1. The van der Waals surface area contributed by atoms with E-state index in [0.717, 1.165) is 17.8 Å². The fraction of sp³-hybridized carbons (Fsp3) is 0.474. The Hall–Kier alpha value is -2.70. The Morgan fingerprint density at radius 2 is 2.04 bits per heavy atom. The molecule has 7 heteroatoms. The van der Waals surface area contributed by atoms with Crippen LogP contribution in [-0.2, 0) is 11.2 Å². The van der Waals surface area contributed by atoms with Crippen LogP contribution in [0.25, 0.3) is 5.69 Å². The summed E-state index contributed by atoms with van der Waals surface area (Å²) in [4.78, 5) is 24.8. The molecule has 1 aromatic heterocycles. The number of hydrogen-bond acceptors (Lipinski definition) is 4. The van der Waals surface area contributed by atoms with Gasteiger partial charge in [0.05, 0.1) is 17.8 Å². The molecule has 1 heterocycles. The second kappa shape index (κ2) is 8.60. The van der Waals surface area contributed by atoms with Crippen LogP contribution in [0.3, 0.4) is 0 Å². The molecule has 26 heavy (non-hydrogen) atoms. The lowest BCUT2D eigenvalue weighted by molar-refractivity contribution is -0.137. The van der Waals surface area contributed by atoms with Crippen molar-refractivity contribution in [2.75, 3.05) is 13.6 Å². The zero-order chi connectivity index (χ0) is 19.3. The zero-order valence-electron chi connectivity index (χ0n) is 15.8. The summed E-state index contributed by atoms with van der Waals surface area (Å²) in [6.45, 7) is 6.42. The van der Waals surface area contributed by atoms with E-state index in [1.165, 1.54) is 10.5 Å². The monoisotopic (exact) mass is 358 g/mol.